The van der Waals surface area contributed by atoms with Gasteiger partial charge >= 0.3 is 0 Å². The number of benzene rings is 2. The molecule has 1 aliphatic carbocycles. The van der Waals surface area contributed by atoms with Crippen LogP contribution in [0.3, 0.4) is 0 Å². The highest BCUT2D eigenvalue weighted by atomic mass is 35.5. The highest BCUT2D eigenvalue weighted by Gasteiger charge is 2.47. The molecule has 2 aliphatic heterocycles. The van der Waals surface area contributed by atoms with Crippen molar-refractivity contribution >= 4 is 34.8 Å². The van der Waals surface area contributed by atoms with E-state index in [2.05, 4.69) is 5.16 Å². The summed E-state index contributed by atoms with van der Waals surface area (Å²) in [6.07, 6.45) is 3.36. The summed E-state index contributed by atoms with van der Waals surface area (Å²) in [4.78, 5) is 19.5. The quantitative estimate of drug-likeness (QED) is 0.562. The van der Waals surface area contributed by atoms with E-state index in [9.17, 15) is 4.79 Å². The Kier molecular flexibility index (Phi) is 5.02. The van der Waals surface area contributed by atoms with Gasteiger partial charge in [-0.25, -0.2) is 4.39 Å². The molecule has 4 nitrogen and oxygen atoms in total. The Morgan fingerprint density at radius 3 is 2.39 bits per heavy atom. The van der Waals surface area contributed by atoms with Gasteiger partial charge in [0.15, 0.2) is 11.3 Å². The van der Waals surface area contributed by atoms with Gasteiger partial charge in [-0.1, -0.05) is 52.6 Å². The Morgan fingerprint density at radius 2 is 1.77 bits per heavy atom. The van der Waals surface area contributed by atoms with Gasteiger partial charge in [0.2, 0.25) is 5.91 Å². The van der Waals surface area contributed by atoms with Gasteiger partial charge in [0.05, 0.1) is 18.8 Å². The first-order chi connectivity index (χ1) is 14.7. The molecule has 1 unspecified atom stereocenters. The molecule has 2 fully saturated rings. The number of oxime groups is 1. The van der Waals surface area contributed by atoms with E-state index in [0.717, 1.165) is 29.7 Å². The molecule has 0 N–H and O–H groups in total. The van der Waals surface area contributed by atoms with Crippen LogP contribution in [-0.2, 0) is 20.9 Å². The first kappa shape index (κ1) is 20.8. The van der Waals surface area contributed by atoms with Gasteiger partial charge in [0.1, 0.15) is 0 Å². The Morgan fingerprint density at radius 1 is 1.13 bits per heavy atom. The lowest BCUT2D eigenvalue weighted by Gasteiger charge is -2.45. The number of rotatable bonds is 5. The molecule has 1 saturated heterocycles. The van der Waals surface area contributed by atoms with Crippen LogP contribution in [0, 0.1) is 5.92 Å². The summed E-state index contributed by atoms with van der Waals surface area (Å²) in [5.74, 6) is 0.592. The smallest absolute Gasteiger partial charge is 0.223 e. The summed E-state index contributed by atoms with van der Waals surface area (Å²) in [6.45, 7) is 2.21. The molecule has 7 heteroatoms. The van der Waals surface area contributed by atoms with Crippen molar-refractivity contribution in [2.75, 3.05) is 13.1 Å². The standard InChI is InChI=1S/C24H23Cl2FN2O2/c1-23(18-9-19(25)11-20(26)10-18)12-21(28-31-23)16-4-6-17(7-5-16)24(27)13-29(14-24)22(30)8-15-2-3-15/h4-7,9-11,15H,2-3,8,12-14H2,1H3. The van der Waals surface area contributed by atoms with Crippen molar-refractivity contribution in [3.63, 3.8) is 0 Å². The maximum atomic E-state index is 15.3. The zero-order valence-electron chi connectivity index (χ0n) is 17.2. The third-order valence-corrected chi connectivity index (χ3v) is 6.90. The predicted octanol–water partition coefficient (Wildman–Crippen LogP) is 5.84. The Hall–Kier alpha value is -2.11. The van der Waals surface area contributed by atoms with E-state index < -0.39 is 11.3 Å². The maximum absolute atomic E-state index is 15.3. The first-order valence-electron chi connectivity index (χ1n) is 10.5. The maximum Gasteiger partial charge on any atom is 0.223 e. The van der Waals surface area contributed by atoms with E-state index in [0.29, 0.717) is 34.4 Å². The van der Waals surface area contributed by atoms with E-state index >= 15 is 4.39 Å². The minimum Gasteiger partial charge on any atom is -0.384 e. The van der Waals surface area contributed by atoms with Crippen LogP contribution >= 0.6 is 23.2 Å². The number of carbonyl (C=O) groups is 1. The van der Waals surface area contributed by atoms with E-state index in [1.54, 1.807) is 23.1 Å². The Balaban J connectivity index is 1.25. The summed E-state index contributed by atoms with van der Waals surface area (Å²) < 4.78 is 15.3. The molecule has 2 heterocycles. The van der Waals surface area contributed by atoms with Crippen molar-refractivity contribution < 1.29 is 14.0 Å². The zero-order valence-corrected chi connectivity index (χ0v) is 18.7. The molecule has 0 bridgehead atoms. The van der Waals surface area contributed by atoms with Crippen molar-refractivity contribution in [1.82, 2.24) is 4.90 Å². The average Bonchev–Trinajstić information content (AvgIpc) is 3.43. The molecule has 2 aromatic rings. The lowest BCUT2D eigenvalue weighted by atomic mass is 9.85. The highest BCUT2D eigenvalue weighted by molar-refractivity contribution is 6.34. The van der Waals surface area contributed by atoms with Gasteiger partial charge in [-0.15, -0.1) is 0 Å². The second kappa shape index (κ2) is 7.49. The normalized spacial score (nSPS) is 24.4. The van der Waals surface area contributed by atoms with Crippen molar-refractivity contribution in [3.05, 3.63) is 69.2 Å². The van der Waals surface area contributed by atoms with Gasteiger partial charge in [-0.3, -0.25) is 4.79 Å². The lowest BCUT2D eigenvalue weighted by Crippen LogP contribution is -2.58. The molecule has 2 aromatic carbocycles. The molecule has 0 radical (unpaired) electrons. The second-order valence-electron chi connectivity index (χ2n) is 9.13. The van der Waals surface area contributed by atoms with Crippen molar-refractivity contribution in [3.8, 4) is 0 Å². The first-order valence-corrected chi connectivity index (χ1v) is 11.3. The van der Waals surface area contributed by atoms with Crippen LogP contribution in [0.2, 0.25) is 10.0 Å². The molecule has 3 aliphatic rings. The molecule has 0 aromatic heterocycles. The fourth-order valence-electron chi connectivity index (χ4n) is 4.29. The molecular weight excluding hydrogens is 438 g/mol. The number of hydrogen-bond acceptors (Lipinski definition) is 3. The summed E-state index contributed by atoms with van der Waals surface area (Å²) in [5, 5.41) is 5.36. The van der Waals surface area contributed by atoms with Crippen molar-refractivity contribution in [2.45, 2.75) is 43.9 Å². The predicted molar refractivity (Wildman–Crippen MR) is 119 cm³/mol. The highest BCUT2D eigenvalue weighted by Crippen LogP contribution is 2.41. The lowest BCUT2D eigenvalue weighted by molar-refractivity contribution is -0.146. The number of carbonyl (C=O) groups excluding carboxylic acids is 1. The Bertz CT molecular complexity index is 1040. The molecule has 1 amide bonds. The molecule has 5 rings (SSSR count). The van der Waals surface area contributed by atoms with Gasteiger partial charge in [-0.05, 0) is 55.0 Å². The average molecular weight is 461 g/mol. The van der Waals surface area contributed by atoms with Gasteiger partial charge in [-0.2, -0.15) is 0 Å². The van der Waals surface area contributed by atoms with Crippen LogP contribution < -0.4 is 0 Å². The number of nitrogens with zero attached hydrogens (tertiary/aromatic N) is 2. The van der Waals surface area contributed by atoms with Gasteiger partial charge in [0, 0.05) is 28.5 Å². The summed E-state index contributed by atoms with van der Waals surface area (Å²) >= 11 is 12.3. The van der Waals surface area contributed by atoms with E-state index in [1.165, 1.54) is 0 Å². The molecule has 1 saturated carbocycles. The fraction of sp³-hybridized carbons (Fsp3) is 0.417. The van der Waals surface area contributed by atoms with Gasteiger partial charge in [0.25, 0.3) is 0 Å². The van der Waals surface area contributed by atoms with Crippen molar-refractivity contribution in [2.24, 2.45) is 11.1 Å². The molecule has 0 spiro atoms. The van der Waals surface area contributed by atoms with Crippen LogP contribution in [0.15, 0.2) is 47.6 Å². The van der Waals surface area contributed by atoms with E-state index in [1.807, 2.05) is 31.2 Å². The third kappa shape index (κ3) is 4.06. The van der Waals surface area contributed by atoms with Crippen LogP contribution in [0.1, 0.15) is 49.3 Å². The van der Waals surface area contributed by atoms with E-state index in [4.69, 9.17) is 28.0 Å². The number of halogens is 3. The number of alkyl halides is 1. The molecule has 1 atom stereocenters. The second-order valence-corrected chi connectivity index (χ2v) is 10.0. The largest absolute Gasteiger partial charge is 0.384 e. The monoisotopic (exact) mass is 460 g/mol. The third-order valence-electron chi connectivity index (χ3n) is 6.47. The summed E-state index contributed by atoms with van der Waals surface area (Å²) in [5.41, 5.74) is 0.972. The van der Waals surface area contributed by atoms with Gasteiger partial charge < -0.3 is 9.74 Å². The minimum absolute atomic E-state index is 0.0743. The number of hydrogen-bond donors (Lipinski definition) is 0. The van der Waals surface area contributed by atoms with Crippen LogP contribution in [0.5, 0.6) is 0 Å². The topological polar surface area (TPSA) is 41.9 Å². The number of amides is 1. The summed E-state index contributed by atoms with van der Waals surface area (Å²) in [6, 6.07) is 12.6. The van der Waals surface area contributed by atoms with Crippen LogP contribution in [0.25, 0.3) is 0 Å². The van der Waals surface area contributed by atoms with Crippen LogP contribution in [-0.4, -0.2) is 29.6 Å². The molecule has 162 valence electrons. The van der Waals surface area contributed by atoms with Crippen LogP contribution in [0.4, 0.5) is 4.39 Å². The zero-order chi connectivity index (χ0) is 21.8. The fourth-order valence-corrected chi connectivity index (χ4v) is 4.81. The Labute approximate surface area is 191 Å². The minimum atomic E-state index is -1.47. The van der Waals surface area contributed by atoms with E-state index in [-0.39, 0.29) is 19.0 Å². The van der Waals surface area contributed by atoms with Crippen molar-refractivity contribution in [1.29, 1.82) is 0 Å². The summed E-state index contributed by atoms with van der Waals surface area (Å²) in [7, 11) is 0. The molecular formula is C24H23Cl2FN2O2. The number of likely N-dealkylation sites (tertiary alicyclic amines) is 1. The molecule has 31 heavy (non-hydrogen) atoms. The SMILES string of the molecule is CC1(c2cc(Cl)cc(Cl)c2)CC(c2ccc(C3(F)CN(C(=O)CC4CC4)C3)cc2)=NO1.